The van der Waals surface area contributed by atoms with Crippen LogP contribution in [0.3, 0.4) is 0 Å². The van der Waals surface area contributed by atoms with Gasteiger partial charge in [-0.2, -0.15) is 0 Å². The number of thiazole rings is 1. The molecule has 0 aliphatic heterocycles. The van der Waals surface area contributed by atoms with Crippen LogP contribution in [-0.4, -0.2) is 17.6 Å². The molecule has 2 rings (SSSR count). The van der Waals surface area contributed by atoms with Gasteiger partial charge in [0.2, 0.25) is 0 Å². The van der Waals surface area contributed by atoms with Crippen LogP contribution in [0, 0.1) is 0 Å². The average Bonchev–Trinajstić information content (AvgIpc) is 2.92. The smallest absolute Gasteiger partial charge is 0.144 e. The quantitative estimate of drug-likeness (QED) is 0.796. The second-order valence-electron chi connectivity index (χ2n) is 5.07. The molecule has 0 bridgehead atoms. The summed E-state index contributed by atoms with van der Waals surface area (Å²) in [5.74, 6) is 1.11. The number of ether oxygens (including phenoxy) is 1. The summed E-state index contributed by atoms with van der Waals surface area (Å²) in [6.45, 7) is 6.97. The van der Waals surface area contributed by atoms with Gasteiger partial charge in [-0.05, 0) is 26.0 Å². The highest BCUT2D eigenvalue weighted by atomic mass is 32.1. The Bertz CT molecular complexity index is 540. The highest BCUT2D eigenvalue weighted by Crippen LogP contribution is 2.27. The van der Waals surface area contributed by atoms with E-state index in [0.29, 0.717) is 11.6 Å². The number of nitrogens with zero attached hydrogens (tertiary/aromatic N) is 1. The molecule has 0 amide bonds. The van der Waals surface area contributed by atoms with Crippen molar-refractivity contribution in [1.82, 2.24) is 4.98 Å². The Labute approximate surface area is 124 Å². The first-order chi connectivity index (χ1) is 9.56. The predicted molar refractivity (Wildman–Crippen MR) is 85.6 cm³/mol. The van der Waals surface area contributed by atoms with Crippen LogP contribution in [0.4, 0.5) is 11.4 Å². The topological polar surface area (TPSA) is 60.2 Å². The van der Waals surface area contributed by atoms with E-state index in [1.54, 1.807) is 11.3 Å². The summed E-state index contributed by atoms with van der Waals surface area (Å²) in [5, 5.41) is 6.55. The SMILES string of the molecule is CC(C)Oc1cc(NCC(C)c2nccs2)ccc1N. The van der Waals surface area contributed by atoms with Gasteiger partial charge in [0.1, 0.15) is 5.75 Å². The first-order valence-corrected chi connectivity index (χ1v) is 7.63. The number of hydrogen-bond acceptors (Lipinski definition) is 5. The fraction of sp³-hybridized carbons (Fsp3) is 0.400. The molecule has 2 aromatic rings. The van der Waals surface area contributed by atoms with Crippen molar-refractivity contribution in [3.8, 4) is 5.75 Å². The summed E-state index contributed by atoms with van der Waals surface area (Å²) in [4.78, 5) is 4.33. The number of hydrogen-bond donors (Lipinski definition) is 2. The maximum atomic E-state index is 5.91. The summed E-state index contributed by atoms with van der Waals surface area (Å²) in [5.41, 5.74) is 7.59. The third-order valence-corrected chi connectivity index (χ3v) is 3.87. The number of nitrogens with two attached hydrogens (primary N) is 1. The van der Waals surface area contributed by atoms with Gasteiger partial charge in [0.25, 0.3) is 0 Å². The third kappa shape index (κ3) is 3.87. The maximum absolute atomic E-state index is 5.91. The lowest BCUT2D eigenvalue weighted by atomic mass is 10.2. The molecule has 1 aromatic heterocycles. The van der Waals surface area contributed by atoms with Crippen LogP contribution in [0.15, 0.2) is 29.8 Å². The average molecular weight is 291 g/mol. The number of nitrogens with one attached hydrogen (secondary N) is 1. The van der Waals surface area contributed by atoms with Crippen molar-refractivity contribution in [2.45, 2.75) is 32.8 Å². The fourth-order valence-corrected chi connectivity index (χ4v) is 2.53. The molecule has 108 valence electrons. The number of nitrogen functional groups attached to an aromatic ring is 1. The van der Waals surface area contributed by atoms with Gasteiger partial charge in [-0.3, -0.25) is 0 Å². The van der Waals surface area contributed by atoms with Gasteiger partial charge < -0.3 is 15.8 Å². The van der Waals surface area contributed by atoms with E-state index in [4.69, 9.17) is 10.5 Å². The predicted octanol–water partition coefficient (Wildman–Crippen LogP) is 3.73. The van der Waals surface area contributed by atoms with Gasteiger partial charge in [0.15, 0.2) is 0 Å². The molecule has 20 heavy (non-hydrogen) atoms. The highest BCUT2D eigenvalue weighted by molar-refractivity contribution is 7.09. The molecular formula is C15H21N3OS. The standard InChI is InChI=1S/C15H21N3OS/c1-10(2)19-14-8-12(4-5-13(14)16)18-9-11(3)15-17-6-7-20-15/h4-8,10-11,18H,9,16H2,1-3H3. The zero-order chi connectivity index (χ0) is 14.5. The lowest BCUT2D eigenvalue weighted by Gasteiger charge is -2.15. The van der Waals surface area contributed by atoms with E-state index >= 15 is 0 Å². The van der Waals surface area contributed by atoms with Crippen LogP contribution >= 0.6 is 11.3 Å². The lowest BCUT2D eigenvalue weighted by Crippen LogP contribution is -2.11. The van der Waals surface area contributed by atoms with Crippen molar-refractivity contribution >= 4 is 22.7 Å². The van der Waals surface area contributed by atoms with Crippen LogP contribution < -0.4 is 15.8 Å². The van der Waals surface area contributed by atoms with Gasteiger partial charge >= 0.3 is 0 Å². The van der Waals surface area contributed by atoms with E-state index in [9.17, 15) is 0 Å². The number of rotatable bonds is 6. The molecule has 1 atom stereocenters. The zero-order valence-electron chi connectivity index (χ0n) is 12.1. The number of aromatic nitrogens is 1. The van der Waals surface area contributed by atoms with Crippen molar-refractivity contribution in [2.24, 2.45) is 0 Å². The molecule has 4 nitrogen and oxygen atoms in total. The third-order valence-electron chi connectivity index (χ3n) is 2.86. The Morgan fingerprint density at radius 1 is 1.35 bits per heavy atom. The second-order valence-corrected chi connectivity index (χ2v) is 6.00. The van der Waals surface area contributed by atoms with E-state index in [1.807, 2.05) is 43.6 Å². The minimum absolute atomic E-state index is 0.113. The molecule has 1 aromatic carbocycles. The van der Waals surface area contributed by atoms with E-state index in [2.05, 4.69) is 17.2 Å². The Balaban J connectivity index is 1.99. The van der Waals surface area contributed by atoms with Crippen LogP contribution in [0.5, 0.6) is 5.75 Å². The zero-order valence-corrected chi connectivity index (χ0v) is 12.9. The summed E-state index contributed by atoms with van der Waals surface area (Å²) in [6, 6.07) is 5.79. The minimum atomic E-state index is 0.113. The summed E-state index contributed by atoms with van der Waals surface area (Å²) in [7, 11) is 0. The van der Waals surface area contributed by atoms with Gasteiger partial charge in [0.05, 0.1) is 16.8 Å². The van der Waals surface area contributed by atoms with Crippen LogP contribution in [-0.2, 0) is 0 Å². The van der Waals surface area contributed by atoms with Crippen molar-refractivity contribution in [3.63, 3.8) is 0 Å². The molecule has 1 unspecified atom stereocenters. The molecule has 1 heterocycles. The molecule has 0 fully saturated rings. The highest BCUT2D eigenvalue weighted by Gasteiger charge is 2.09. The molecule has 0 radical (unpaired) electrons. The number of anilines is 2. The van der Waals surface area contributed by atoms with Gasteiger partial charge in [-0.25, -0.2) is 4.98 Å². The monoisotopic (exact) mass is 291 g/mol. The van der Waals surface area contributed by atoms with E-state index in [1.165, 1.54) is 0 Å². The lowest BCUT2D eigenvalue weighted by molar-refractivity contribution is 0.244. The largest absolute Gasteiger partial charge is 0.489 e. The number of benzene rings is 1. The first-order valence-electron chi connectivity index (χ1n) is 6.75. The van der Waals surface area contributed by atoms with Crippen molar-refractivity contribution in [2.75, 3.05) is 17.6 Å². The van der Waals surface area contributed by atoms with Gasteiger partial charge in [-0.15, -0.1) is 11.3 Å². The van der Waals surface area contributed by atoms with Crippen LogP contribution in [0.25, 0.3) is 0 Å². The van der Waals surface area contributed by atoms with Crippen LogP contribution in [0.2, 0.25) is 0 Å². The van der Waals surface area contributed by atoms with Crippen LogP contribution in [0.1, 0.15) is 31.7 Å². The van der Waals surface area contributed by atoms with Crippen molar-refractivity contribution < 1.29 is 4.74 Å². The first kappa shape index (κ1) is 14.7. The molecular weight excluding hydrogens is 270 g/mol. The normalized spacial score (nSPS) is 12.4. The minimum Gasteiger partial charge on any atom is -0.489 e. The van der Waals surface area contributed by atoms with E-state index in [-0.39, 0.29) is 6.10 Å². The molecule has 0 aliphatic carbocycles. The summed E-state index contributed by atoms with van der Waals surface area (Å²) in [6.07, 6.45) is 1.95. The Morgan fingerprint density at radius 3 is 2.80 bits per heavy atom. The second kappa shape index (κ2) is 6.61. The molecule has 0 aliphatic rings. The maximum Gasteiger partial charge on any atom is 0.144 e. The summed E-state index contributed by atoms with van der Waals surface area (Å²) < 4.78 is 5.69. The Morgan fingerprint density at radius 2 is 2.15 bits per heavy atom. The fourth-order valence-electron chi connectivity index (χ4n) is 1.84. The Hall–Kier alpha value is -1.75. The summed E-state index contributed by atoms with van der Waals surface area (Å²) >= 11 is 1.68. The van der Waals surface area contributed by atoms with Crippen molar-refractivity contribution in [3.05, 3.63) is 34.8 Å². The van der Waals surface area contributed by atoms with Crippen molar-refractivity contribution in [1.29, 1.82) is 0 Å². The Kier molecular flexibility index (Phi) is 4.84. The van der Waals surface area contributed by atoms with E-state index < -0.39 is 0 Å². The molecule has 0 saturated heterocycles. The molecule has 0 spiro atoms. The van der Waals surface area contributed by atoms with Gasteiger partial charge in [-0.1, -0.05) is 6.92 Å². The molecule has 0 saturated carbocycles. The van der Waals surface area contributed by atoms with E-state index in [0.717, 1.165) is 23.0 Å². The van der Waals surface area contributed by atoms with Gasteiger partial charge in [0, 0.05) is 35.8 Å². The molecule has 5 heteroatoms. The molecule has 3 N–H and O–H groups in total.